The summed E-state index contributed by atoms with van der Waals surface area (Å²) in [7, 11) is 0. The summed E-state index contributed by atoms with van der Waals surface area (Å²) in [6, 6.07) is 0. The first kappa shape index (κ1) is 9.77. The van der Waals surface area contributed by atoms with Gasteiger partial charge < -0.3 is 9.64 Å². The van der Waals surface area contributed by atoms with Crippen LogP contribution in [0.2, 0.25) is 0 Å². The number of carbonyl (C=O) groups is 1. The minimum Gasteiger partial charge on any atom is -0.468 e. The second-order valence-corrected chi connectivity index (χ2v) is 3.46. The summed E-state index contributed by atoms with van der Waals surface area (Å²) in [4.78, 5) is 12.2. The van der Waals surface area contributed by atoms with Gasteiger partial charge in [0.15, 0.2) is 0 Å². The van der Waals surface area contributed by atoms with Gasteiger partial charge in [0.2, 0.25) is 0 Å². The lowest BCUT2D eigenvalue weighted by Gasteiger charge is -2.27. The van der Waals surface area contributed by atoms with E-state index in [4.69, 9.17) is 0 Å². The third kappa shape index (κ3) is 2.37. The van der Waals surface area contributed by atoms with Crippen molar-refractivity contribution >= 4 is 6.47 Å². The number of ether oxygens (including phenoxy) is 1. The lowest BCUT2D eigenvalue weighted by molar-refractivity contribution is -0.128. The van der Waals surface area contributed by atoms with Gasteiger partial charge in [0.05, 0.1) is 6.61 Å². The van der Waals surface area contributed by atoms with E-state index in [-0.39, 0.29) is 0 Å². The lowest BCUT2D eigenvalue weighted by atomic mass is 10.1. The first-order chi connectivity index (χ1) is 7.40. The van der Waals surface area contributed by atoms with E-state index in [1.807, 2.05) is 12.2 Å². The number of rotatable bonds is 4. The molecule has 2 aliphatic rings. The second kappa shape index (κ2) is 4.64. The van der Waals surface area contributed by atoms with E-state index in [2.05, 4.69) is 34.1 Å². The van der Waals surface area contributed by atoms with Gasteiger partial charge in [-0.15, -0.1) is 0 Å². The molecule has 2 aliphatic heterocycles. The van der Waals surface area contributed by atoms with Gasteiger partial charge in [-0.05, 0) is 23.8 Å². The van der Waals surface area contributed by atoms with Gasteiger partial charge in [-0.25, -0.2) is 0 Å². The average Bonchev–Trinajstić information content (AvgIpc) is 2.29. The predicted molar refractivity (Wildman–Crippen MR) is 57.8 cm³/mol. The molecule has 0 saturated heterocycles. The second-order valence-electron chi connectivity index (χ2n) is 3.46. The highest BCUT2D eigenvalue weighted by Crippen LogP contribution is 2.20. The molecule has 0 aromatic rings. The highest BCUT2D eigenvalue weighted by atomic mass is 16.5. The molecule has 78 valence electrons. The third-order valence-electron chi connectivity index (χ3n) is 2.45. The fourth-order valence-corrected chi connectivity index (χ4v) is 1.66. The molecule has 0 radical (unpaired) electrons. The zero-order valence-electron chi connectivity index (χ0n) is 8.43. The largest absolute Gasteiger partial charge is 0.468 e. The van der Waals surface area contributed by atoms with Crippen molar-refractivity contribution in [2.24, 2.45) is 0 Å². The molecule has 15 heavy (non-hydrogen) atoms. The van der Waals surface area contributed by atoms with Gasteiger partial charge in [0, 0.05) is 24.9 Å². The number of nitrogens with zero attached hydrogens (tertiary/aromatic N) is 1. The van der Waals surface area contributed by atoms with Gasteiger partial charge in [-0.1, -0.05) is 12.2 Å². The molecule has 0 aromatic carbocycles. The summed E-state index contributed by atoms with van der Waals surface area (Å²) < 4.78 is 4.68. The summed E-state index contributed by atoms with van der Waals surface area (Å²) in [5, 5.41) is 0. The summed E-state index contributed by atoms with van der Waals surface area (Å²) >= 11 is 0. The van der Waals surface area contributed by atoms with Crippen LogP contribution in [0.4, 0.5) is 0 Å². The van der Waals surface area contributed by atoms with Crippen LogP contribution < -0.4 is 0 Å². The van der Waals surface area contributed by atoms with Crippen LogP contribution in [0, 0.1) is 0 Å². The Bertz CT molecular complexity index is 364. The van der Waals surface area contributed by atoms with Crippen molar-refractivity contribution < 1.29 is 9.53 Å². The molecule has 3 nitrogen and oxygen atoms in total. The number of hydrogen-bond donors (Lipinski definition) is 0. The molecule has 2 heterocycles. The van der Waals surface area contributed by atoms with Crippen molar-refractivity contribution in [1.82, 2.24) is 4.90 Å². The minimum absolute atomic E-state index is 0.464. The Morgan fingerprint density at radius 2 is 2.33 bits per heavy atom. The van der Waals surface area contributed by atoms with Gasteiger partial charge in [0.1, 0.15) is 0 Å². The Labute approximate surface area is 89.0 Å². The predicted octanol–water partition coefficient (Wildman–Crippen LogP) is 1.76. The van der Waals surface area contributed by atoms with E-state index in [1.54, 1.807) is 0 Å². The molecule has 0 fully saturated rings. The molecular formula is C12H13NO2. The Kier molecular flexibility index (Phi) is 3.02. The van der Waals surface area contributed by atoms with Gasteiger partial charge >= 0.3 is 0 Å². The first-order valence-electron chi connectivity index (χ1n) is 4.96. The van der Waals surface area contributed by atoms with Crippen molar-refractivity contribution in [3.8, 4) is 0 Å². The van der Waals surface area contributed by atoms with Crippen LogP contribution in [-0.4, -0.2) is 24.5 Å². The van der Waals surface area contributed by atoms with Crippen LogP contribution in [-0.2, 0) is 9.53 Å². The molecule has 0 unspecified atom stereocenters. The van der Waals surface area contributed by atoms with Gasteiger partial charge in [0.25, 0.3) is 6.47 Å². The fourth-order valence-electron chi connectivity index (χ4n) is 1.66. The summed E-state index contributed by atoms with van der Waals surface area (Å²) in [6.07, 6.45) is 13.2. The summed E-state index contributed by atoms with van der Waals surface area (Å²) in [5.74, 6) is 0. The number of hydrogen-bond acceptors (Lipinski definition) is 3. The van der Waals surface area contributed by atoms with E-state index in [9.17, 15) is 4.79 Å². The maximum Gasteiger partial charge on any atom is 0.293 e. The lowest BCUT2D eigenvalue weighted by Crippen LogP contribution is -2.22. The van der Waals surface area contributed by atoms with Crippen LogP contribution >= 0.6 is 0 Å². The molecule has 0 saturated carbocycles. The summed E-state index contributed by atoms with van der Waals surface area (Å²) in [5.41, 5.74) is 2.48. The molecule has 0 bridgehead atoms. The van der Waals surface area contributed by atoms with Crippen molar-refractivity contribution in [2.45, 2.75) is 6.42 Å². The van der Waals surface area contributed by atoms with Crippen molar-refractivity contribution in [3.63, 3.8) is 0 Å². The van der Waals surface area contributed by atoms with E-state index in [1.165, 1.54) is 11.3 Å². The van der Waals surface area contributed by atoms with Gasteiger partial charge in [-0.2, -0.15) is 0 Å². The Balaban J connectivity index is 1.96. The number of fused-ring (bicyclic) bond motifs is 1. The van der Waals surface area contributed by atoms with Crippen LogP contribution in [0.1, 0.15) is 6.42 Å². The average molecular weight is 203 g/mol. The first-order valence-corrected chi connectivity index (χ1v) is 4.96. The monoisotopic (exact) mass is 203 g/mol. The molecule has 0 spiro atoms. The topological polar surface area (TPSA) is 29.5 Å². The Morgan fingerprint density at radius 1 is 1.40 bits per heavy atom. The van der Waals surface area contributed by atoms with Crippen LogP contribution in [0.25, 0.3) is 0 Å². The van der Waals surface area contributed by atoms with Crippen molar-refractivity contribution in [2.75, 3.05) is 13.2 Å². The van der Waals surface area contributed by atoms with Crippen molar-refractivity contribution in [1.29, 1.82) is 0 Å². The third-order valence-corrected chi connectivity index (χ3v) is 2.45. The molecule has 2 rings (SSSR count). The Hall–Kier alpha value is -1.77. The molecule has 0 aromatic heterocycles. The van der Waals surface area contributed by atoms with E-state index < -0.39 is 0 Å². The normalized spacial score (nSPS) is 18.0. The maximum atomic E-state index is 9.99. The Morgan fingerprint density at radius 3 is 3.20 bits per heavy atom. The van der Waals surface area contributed by atoms with E-state index in [0.29, 0.717) is 13.1 Å². The molecule has 3 heteroatoms. The molecule has 0 N–H and O–H groups in total. The SMILES string of the molecule is O=COCCC1=CC=C2C=CC=CN2C1. The zero-order valence-corrected chi connectivity index (χ0v) is 8.43. The molecular weight excluding hydrogens is 190 g/mol. The summed E-state index contributed by atoms with van der Waals surface area (Å²) in [6.45, 7) is 1.84. The van der Waals surface area contributed by atoms with Crippen LogP contribution in [0.3, 0.4) is 0 Å². The molecule has 0 aliphatic carbocycles. The van der Waals surface area contributed by atoms with E-state index in [0.717, 1.165) is 13.0 Å². The zero-order chi connectivity index (χ0) is 10.5. The molecule has 0 amide bonds. The van der Waals surface area contributed by atoms with E-state index >= 15 is 0 Å². The minimum atomic E-state index is 0.464. The smallest absolute Gasteiger partial charge is 0.293 e. The maximum absolute atomic E-state index is 9.99. The quantitative estimate of drug-likeness (QED) is 0.515. The highest BCUT2D eigenvalue weighted by Gasteiger charge is 2.12. The van der Waals surface area contributed by atoms with Crippen LogP contribution in [0.15, 0.2) is 47.9 Å². The van der Waals surface area contributed by atoms with Crippen LogP contribution in [0.5, 0.6) is 0 Å². The van der Waals surface area contributed by atoms with Crippen molar-refractivity contribution in [3.05, 3.63) is 47.9 Å². The fraction of sp³-hybridized carbons (Fsp3) is 0.250. The molecule has 0 atom stereocenters. The standard InChI is InChI=1S/C12H13NO2/c14-10-15-8-6-11-4-5-12-3-1-2-7-13(12)9-11/h1-5,7,10H,6,8-9H2. The van der Waals surface area contributed by atoms with Gasteiger partial charge in [-0.3, -0.25) is 4.79 Å². The highest BCUT2D eigenvalue weighted by molar-refractivity contribution is 5.38. The number of allylic oxidation sites excluding steroid dienone is 5. The number of carbonyl (C=O) groups excluding carboxylic acids is 1.